The minimum atomic E-state index is -0.714. The number of halogens is 1. The maximum Gasteiger partial charge on any atom is 0.105 e. The zero-order valence-electron chi connectivity index (χ0n) is 23.4. The molecule has 0 radical (unpaired) electrons. The highest BCUT2D eigenvalue weighted by molar-refractivity contribution is 5.06. The van der Waals surface area contributed by atoms with Gasteiger partial charge in [-0.25, -0.2) is 4.39 Å². The summed E-state index contributed by atoms with van der Waals surface area (Å²) in [4.78, 5) is 5.18. The number of alkyl halides is 1. The first kappa shape index (κ1) is 26.5. The number of hydrogen-bond acceptors (Lipinski definition) is 8. The lowest BCUT2D eigenvalue weighted by atomic mass is 9.67. The molecule has 8 nitrogen and oxygen atoms in total. The Balaban J connectivity index is 1.15. The molecular formula is C29H51FN6O2. The van der Waals surface area contributed by atoms with Gasteiger partial charge in [-0.15, -0.1) is 0 Å². The molecule has 0 amide bonds. The van der Waals surface area contributed by atoms with Crippen molar-refractivity contribution in [2.75, 3.05) is 72.7 Å². The summed E-state index contributed by atoms with van der Waals surface area (Å²) in [5.74, 6) is 1.54. The van der Waals surface area contributed by atoms with Crippen LogP contribution in [-0.4, -0.2) is 119 Å². The Morgan fingerprint density at radius 1 is 0.895 bits per heavy atom. The van der Waals surface area contributed by atoms with E-state index in [2.05, 4.69) is 38.3 Å². The molecule has 4 bridgehead atoms. The van der Waals surface area contributed by atoms with E-state index in [1.165, 1.54) is 12.8 Å². The smallest absolute Gasteiger partial charge is 0.105 e. The highest BCUT2D eigenvalue weighted by atomic mass is 19.1. The number of nitrogens with one attached hydrogen (secondary N) is 4. The Morgan fingerprint density at radius 2 is 1.76 bits per heavy atom. The fourth-order valence-corrected chi connectivity index (χ4v) is 9.28. The Labute approximate surface area is 228 Å². The molecule has 7 rings (SSSR count). The quantitative estimate of drug-likeness (QED) is 0.397. The average Bonchev–Trinajstić information content (AvgIpc) is 3.33. The molecule has 9 heteroatoms. The van der Waals surface area contributed by atoms with Crippen molar-refractivity contribution < 1.29 is 13.9 Å². The van der Waals surface area contributed by atoms with Gasteiger partial charge < -0.3 is 25.0 Å². The van der Waals surface area contributed by atoms with E-state index in [1.807, 2.05) is 0 Å². The van der Waals surface area contributed by atoms with Crippen LogP contribution in [-0.2, 0) is 9.47 Å². The lowest BCUT2D eigenvalue weighted by molar-refractivity contribution is -0.118. The van der Waals surface area contributed by atoms with Gasteiger partial charge in [-0.2, -0.15) is 0 Å². The van der Waals surface area contributed by atoms with Gasteiger partial charge in [0.05, 0.1) is 19.3 Å². The van der Waals surface area contributed by atoms with Gasteiger partial charge in [-0.05, 0) is 63.3 Å². The second kappa shape index (κ2) is 11.1. The normalized spacial score (nSPS) is 48.5. The molecule has 0 aromatic rings. The van der Waals surface area contributed by atoms with Crippen LogP contribution in [0.25, 0.3) is 0 Å². The molecule has 216 valence electrons. The topological polar surface area (TPSA) is 73.1 Å². The summed E-state index contributed by atoms with van der Waals surface area (Å²) in [5.41, 5.74) is 7.47. The third-order valence-corrected chi connectivity index (χ3v) is 11.7. The molecule has 5 heterocycles. The predicted octanol–water partition coefficient (Wildman–Crippen LogP) is 0.985. The predicted molar refractivity (Wildman–Crippen MR) is 146 cm³/mol. The van der Waals surface area contributed by atoms with Gasteiger partial charge >= 0.3 is 0 Å². The van der Waals surface area contributed by atoms with Crippen molar-refractivity contribution in [1.29, 1.82) is 0 Å². The van der Waals surface area contributed by atoms with Gasteiger partial charge in [-0.1, -0.05) is 6.42 Å². The lowest BCUT2D eigenvalue weighted by Crippen LogP contribution is -2.61. The SMILES string of the molecule is CN1CCN(C2CCC3CC2OCC2(CNC2)COCC2CCCC(F)C2C2CC4C(CN2)NNC34)CC1. The minimum absolute atomic E-state index is 0.0610. The first-order valence-electron chi connectivity index (χ1n) is 15.8. The summed E-state index contributed by atoms with van der Waals surface area (Å²) >= 11 is 0. The van der Waals surface area contributed by atoms with Crippen LogP contribution in [0.1, 0.15) is 44.9 Å². The summed E-state index contributed by atoms with van der Waals surface area (Å²) in [5, 5.41) is 7.31. The van der Waals surface area contributed by atoms with Crippen LogP contribution in [0, 0.1) is 29.1 Å². The fourth-order valence-electron chi connectivity index (χ4n) is 9.28. The Bertz CT molecular complexity index is 810. The van der Waals surface area contributed by atoms with Crippen LogP contribution >= 0.6 is 0 Å². The van der Waals surface area contributed by atoms with Crippen molar-refractivity contribution in [3.05, 3.63) is 0 Å². The van der Waals surface area contributed by atoms with Gasteiger partial charge in [0, 0.05) is 87.9 Å². The summed E-state index contributed by atoms with van der Waals surface area (Å²) in [6.07, 6.45) is 7.02. The zero-order chi connectivity index (χ0) is 25.7. The molecule has 4 N–H and O–H groups in total. The summed E-state index contributed by atoms with van der Waals surface area (Å²) in [7, 11) is 2.24. The Kier molecular flexibility index (Phi) is 7.76. The number of likely N-dealkylation sites (N-methyl/N-ethyl adjacent to an activating group) is 1. The van der Waals surface area contributed by atoms with Crippen LogP contribution < -0.4 is 21.5 Å². The molecule has 1 spiro atoms. The number of hydrogen-bond donors (Lipinski definition) is 4. The summed E-state index contributed by atoms with van der Waals surface area (Å²) in [6, 6.07) is 1.65. The van der Waals surface area contributed by atoms with Crippen LogP contribution in [0.3, 0.4) is 0 Å². The summed E-state index contributed by atoms with van der Waals surface area (Å²) < 4.78 is 29.0. The van der Waals surface area contributed by atoms with Crippen LogP contribution in [0.15, 0.2) is 0 Å². The van der Waals surface area contributed by atoms with Crippen molar-refractivity contribution in [3.63, 3.8) is 0 Å². The number of rotatable bonds is 1. The molecule has 0 aromatic carbocycles. The first-order valence-corrected chi connectivity index (χ1v) is 15.8. The number of nitrogens with zero attached hydrogens (tertiary/aromatic N) is 2. The highest BCUT2D eigenvalue weighted by Gasteiger charge is 2.50. The zero-order valence-corrected chi connectivity index (χ0v) is 23.4. The number of hydrazine groups is 1. The van der Waals surface area contributed by atoms with E-state index in [4.69, 9.17) is 9.47 Å². The molecular weight excluding hydrogens is 483 g/mol. The first-order chi connectivity index (χ1) is 18.6. The average molecular weight is 535 g/mol. The van der Waals surface area contributed by atoms with Crippen molar-refractivity contribution in [3.8, 4) is 0 Å². The summed E-state index contributed by atoms with van der Waals surface area (Å²) in [6.45, 7) is 9.65. The van der Waals surface area contributed by atoms with E-state index in [0.717, 1.165) is 84.7 Å². The number of piperidine rings is 1. The number of piperazine rings is 1. The van der Waals surface area contributed by atoms with Gasteiger partial charge in [0.25, 0.3) is 0 Å². The van der Waals surface area contributed by atoms with E-state index in [-0.39, 0.29) is 23.5 Å². The van der Waals surface area contributed by atoms with E-state index < -0.39 is 6.17 Å². The molecule has 5 aliphatic heterocycles. The van der Waals surface area contributed by atoms with Gasteiger partial charge in [0.15, 0.2) is 0 Å². The molecule has 38 heavy (non-hydrogen) atoms. The highest BCUT2D eigenvalue weighted by Crippen LogP contribution is 2.43. The monoisotopic (exact) mass is 534 g/mol. The van der Waals surface area contributed by atoms with Crippen molar-refractivity contribution >= 4 is 0 Å². The van der Waals surface area contributed by atoms with E-state index in [9.17, 15) is 0 Å². The van der Waals surface area contributed by atoms with Crippen LogP contribution in [0.4, 0.5) is 4.39 Å². The molecule has 10 unspecified atom stereocenters. The molecule has 2 aliphatic carbocycles. The van der Waals surface area contributed by atoms with Crippen molar-refractivity contribution in [2.24, 2.45) is 29.1 Å². The third-order valence-electron chi connectivity index (χ3n) is 11.7. The van der Waals surface area contributed by atoms with Crippen molar-refractivity contribution in [1.82, 2.24) is 31.3 Å². The Morgan fingerprint density at radius 3 is 2.58 bits per heavy atom. The maximum atomic E-state index is 15.6. The van der Waals surface area contributed by atoms with E-state index in [1.54, 1.807) is 0 Å². The van der Waals surface area contributed by atoms with E-state index >= 15 is 4.39 Å². The third kappa shape index (κ3) is 5.08. The minimum Gasteiger partial charge on any atom is -0.380 e. The molecule has 7 fully saturated rings. The molecule has 0 aromatic heterocycles. The van der Waals surface area contributed by atoms with Crippen LogP contribution in [0.5, 0.6) is 0 Å². The molecule has 7 aliphatic rings. The maximum absolute atomic E-state index is 15.6. The lowest BCUT2D eigenvalue weighted by Gasteiger charge is -2.49. The second-order valence-electron chi connectivity index (χ2n) is 14.1. The number of ether oxygens (including phenoxy) is 2. The molecule has 2 saturated carbocycles. The van der Waals surface area contributed by atoms with Gasteiger partial charge in [-0.3, -0.25) is 15.8 Å². The molecule has 5 saturated heterocycles. The fraction of sp³-hybridized carbons (Fsp3) is 1.00. The largest absolute Gasteiger partial charge is 0.380 e. The molecule has 10 atom stereocenters. The number of fused-ring (bicyclic) bond motifs is 6. The Hall–Kier alpha value is -0.390. The van der Waals surface area contributed by atoms with Gasteiger partial charge in [0.1, 0.15) is 6.17 Å². The van der Waals surface area contributed by atoms with Crippen LogP contribution in [0.2, 0.25) is 0 Å². The van der Waals surface area contributed by atoms with Crippen molar-refractivity contribution in [2.45, 2.75) is 81.4 Å². The second-order valence-corrected chi connectivity index (χ2v) is 14.1. The van der Waals surface area contributed by atoms with Gasteiger partial charge in [0.2, 0.25) is 0 Å². The standard InChI is InChI=1S/C29H51FN6O2/c1-35-7-9-36(10-8-35)25-6-5-19-11-26(25)38-18-29(15-31-16-29)17-37-14-20-3-2-4-22(30)27(20)23-12-21-24(13-32-23)33-34-28(19)21/h19-28,31-34H,2-18H2,1H3. The van der Waals surface area contributed by atoms with E-state index in [0.29, 0.717) is 48.9 Å².